The maximum absolute atomic E-state index is 14.7. The molecule has 41 heavy (non-hydrogen) atoms. The van der Waals surface area contributed by atoms with Crippen LogP contribution in [-0.2, 0) is 16.9 Å². The molecule has 3 saturated carbocycles. The van der Waals surface area contributed by atoms with Crippen LogP contribution in [0.4, 0.5) is 4.39 Å². The van der Waals surface area contributed by atoms with Crippen molar-refractivity contribution in [2.75, 3.05) is 0 Å². The van der Waals surface area contributed by atoms with Gasteiger partial charge in [0.05, 0.1) is 28.5 Å². The van der Waals surface area contributed by atoms with Gasteiger partial charge in [0.25, 0.3) is 0 Å². The number of hydrogen-bond acceptors (Lipinski definition) is 8. The summed E-state index contributed by atoms with van der Waals surface area (Å²) < 4.78 is 27.8. The van der Waals surface area contributed by atoms with E-state index in [0.717, 1.165) is 54.4 Å². The summed E-state index contributed by atoms with van der Waals surface area (Å²) in [6.45, 7) is 0.205. The molecule has 2 bridgehead atoms. The molecule has 214 valence electrons. The average molecular weight is 620 g/mol. The van der Waals surface area contributed by atoms with Gasteiger partial charge >= 0.3 is 5.97 Å². The number of aromatic carboxylic acids is 1. The van der Waals surface area contributed by atoms with Gasteiger partial charge in [-0.25, -0.2) is 14.2 Å². The SMILES string of the molecule is O=C(O)c1cc(F)c2nc([C@]3(O)[C@@H]4CC[C@H]3C[C@H](OCc3c(-c5c(Cl)c[n+]([O-])cc5Cl)noc3C3CC3)C4)sc2c1. The van der Waals surface area contributed by atoms with Crippen molar-refractivity contribution in [3.63, 3.8) is 0 Å². The van der Waals surface area contributed by atoms with Crippen LogP contribution < -0.4 is 4.73 Å². The van der Waals surface area contributed by atoms with Crippen molar-refractivity contribution >= 4 is 50.7 Å². The van der Waals surface area contributed by atoms with Gasteiger partial charge in [-0.3, -0.25) is 0 Å². The first-order valence-corrected chi connectivity index (χ1v) is 14.9. The van der Waals surface area contributed by atoms with Crippen LogP contribution >= 0.6 is 34.5 Å². The standard InChI is InChI=1S/C28H24Cl2FN3O6S/c29-18-9-34(38)10-19(30)22(18)23-17(25(40-33-23)12-1-2-12)11-39-16-7-14-3-4-15(8-16)28(14,37)27-32-24-20(31)5-13(26(35)36)6-21(24)41-27/h5-6,9-10,12,14-16,37H,1-4,7-8,11H2,(H,35,36)/t14-,15+,16-,28+. The van der Waals surface area contributed by atoms with Gasteiger partial charge < -0.3 is 24.7 Å². The lowest BCUT2D eigenvalue weighted by molar-refractivity contribution is -0.605. The van der Waals surface area contributed by atoms with Crippen LogP contribution in [0.25, 0.3) is 21.5 Å². The van der Waals surface area contributed by atoms with Crippen molar-refractivity contribution in [1.82, 2.24) is 10.1 Å². The fraction of sp³-hybridized carbons (Fsp3) is 0.429. The van der Waals surface area contributed by atoms with E-state index in [4.69, 9.17) is 32.5 Å². The molecule has 3 fully saturated rings. The van der Waals surface area contributed by atoms with Crippen LogP contribution in [0.15, 0.2) is 29.0 Å². The third-order valence-corrected chi connectivity index (χ3v) is 10.4. The summed E-state index contributed by atoms with van der Waals surface area (Å²) in [4.78, 5) is 15.8. The number of halogens is 3. The van der Waals surface area contributed by atoms with E-state index in [1.54, 1.807) is 0 Å². The zero-order valence-electron chi connectivity index (χ0n) is 21.5. The highest BCUT2D eigenvalue weighted by Gasteiger charge is 2.56. The minimum Gasteiger partial charge on any atom is -0.619 e. The van der Waals surface area contributed by atoms with E-state index >= 15 is 0 Å². The fourth-order valence-corrected chi connectivity index (χ4v) is 8.42. The number of benzene rings is 1. The number of hydrogen-bond donors (Lipinski definition) is 2. The number of rotatable bonds is 7. The maximum Gasteiger partial charge on any atom is 0.335 e. The zero-order chi connectivity index (χ0) is 28.6. The Kier molecular flexibility index (Phi) is 6.51. The number of carbonyl (C=O) groups is 1. The summed E-state index contributed by atoms with van der Waals surface area (Å²) in [6, 6.07) is 2.36. The highest BCUT2D eigenvalue weighted by molar-refractivity contribution is 7.18. The molecule has 3 heterocycles. The molecular formula is C28H24Cl2FN3O6S. The molecule has 1 aromatic carbocycles. The van der Waals surface area contributed by atoms with Gasteiger partial charge in [-0.2, -0.15) is 4.73 Å². The van der Waals surface area contributed by atoms with E-state index in [1.165, 1.54) is 18.5 Å². The smallest absolute Gasteiger partial charge is 0.335 e. The molecule has 13 heteroatoms. The predicted octanol–water partition coefficient (Wildman–Crippen LogP) is 6.20. The Hall–Kier alpha value is -2.83. The number of pyridine rings is 1. The molecule has 3 aromatic heterocycles. The van der Waals surface area contributed by atoms with Gasteiger partial charge in [0.2, 0.25) is 0 Å². The van der Waals surface area contributed by atoms with Gasteiger partial charge in [0, 0.05) is 11.5 Å². The Morgan fingerprint density at radius 3 is 2.51 bits per heavy atom. The largest absolute Gasteiger partial charge is 0.619 e. The Morgan fingerprint density at radius 1 is 1.20 bits per heavy atom. The number of aromatic nitrogens is 3. The number of fused-ring (bicyclic) bond motifs is 3. The summed E-state index contributed by atoms with van der Waals surface area (Å²) in [7, 11) is 0. The predicted molar refractivity (Wildman–Crippen MR) is 147 cm³/mol. The number of thiazole rings is 1. The molecule has 7 rings (SSSR count). The highest BCUT2D eigenvalue weighted by Crippen LogP contribution is 2.57. The lowest BCUT2D eigenvalue weighted by Gasteiger charge is -2.41. The van der Waals surface area contributed by atoms with Gasteiger partial charge in [0.1, 0.15) is 37.6 Å². The molecule has 0 amide bonds. The molecule has 0 aliphatic heterocycles. The van der Waals surface area contributed by atoms with Crippen LogP contribution in [-0.4, -0.2) is 32.4 Å². The van der Waals surface area contributed by atoms with E-state index in [0.29, 0.717) is 38.5 Å². The summed E-state index contributed by atoms with van der Waals surface area (Å²) in [5.74, 6) is -1.25. The summed E-state index contributed by atoms with van der Waals surface area (Å²) in [6.07, 6.45) is 6.95. The van der Waals surface area contributed by atoms with E-state index in [2.05, 4.69) is 10.1 Å². The molecule has 3 aliphatic carbocycles. The first-order chi connectivity index (χ1) is 19.6. The molecule has 3 aliphatic rings. The summed E-state index contributed by atoms with van der Waals surface area (Å²) in [5, 5.41) is 38.0. The Labute approximate surface area is 247 Å². The molecule has 4 aromatic rings. The number of carboxylic acid groups (broad SMARTS) is 1. The van der Waals surface area contributed by atoms with Crippen LogP contribution in [0.2, 0.25) is 10.0 Å². The Morgan fingerprint density at radius 2 is 1.88 bits per heavy atom. The van der Waals surface area contributed by atoms with Crippen molar-refractivity contribution in [2.45, 2.75) is 62.8 Å². The number of carboxylic acids is 1. The van der Waals surface area contributed by atoms with Crippen molar-refractivity contribution < 1.29 is 33.4 Å². The molecule has 0 spiro atoms. The van der Waals surface area contributed by atoms with E-state index in [9.17, 15) is 24.6 Å². The van der Waals surface area contributed by atoms with Crippen LogP contribution in [0.5, 0.6) is 0 Å². The van der Waals surface area contributed by atoms with Gasteiger partial charge in [-0.1, -0.05) is 28.4 Å². The van der Waals surface area contributed by atoms with Crippen molar-refractivity contribution in [1.29, 1.82) is 0 Å². The second-order valence-electron chi connectivity index (χ2n) is 11.2. The lowest BCUT2D eigenvalue weighted by Crippen LogP contribution is -2.44. The molecular weight excluding hydrogens is 596 g/mol. The fourth-order valence-electron chi connectivity index (χ4n) is 6.53. The molecule has 0 unspecified atom stereocenters. The molecule has 0 saturated heterocycles. The Balaban J connectivity index is 1.14. The molecule has 0 radical (unpaired) electrons. The normalized spacial score (nSPS) is 25.7. The lowest BCUT2D eigenvalue weighted by atomic mass is 9.73. The number of ether oxygens (including phenoxy) is 1. The molecule has 2 N–H and O–H groups in total. The van der Waals surface area contributed by atoms with Crippen LogP contribution in [0, 0.1) is 22.9 Å². The van der Waals surface area contributed by atoms with Crippen LogP contribution in [0.3, 0.4) is 0 Å². The first-order valence-electron chi connectivity index (χ1n) is 13.4. The molecule has 4 atom stereocenters. The van der Waals surface area contributed by atoms with E-state index < -0.39 is 17.4 Å². The summed E-state index contributed by atoms with van der Waals surface area (Å²) in [5.41, 5.74) is 0.316. The quantitative estimate of drug-likeness (QED) is 0.184. The second-order valence-corrected chi connectivity index (χ2v) is 13.0. The molecule has 9 nitrogen and oxygen atoms in total. The van der Waals surface area contributed by atoms with E-state index in [1.807, 2.05) is 0 Å². The number of aliphatic hydroxyl groups is 1. The third-order valence-electron chi connectivity index (χ3n) is 8.67. The van der Waals surface area contributed by atoms with Crippen LogP contribution in [0.1, 0.15) is 71.1 Å². The Bertz CT molecular complexity index is 1670. The van der Waals surface area contributed by atoms with Gasteiger partial charge in [0.15, 0.2) is 18.2 Å². The second kappa shape index (κ2) is 9.88. The minimum atomic E-state index is -1.24. The van der Waals surface area contributed by atoms with Crippen molar-refractivity contribution in [3.8, 4) is 11.3 Å². The first kappa shape index (κ1) is 27.0. The average Bonchev–Trinajstić information content (AvgIpc) is 3.49. The monoisotopic (exact) mass is 619 g/mol. The number of nitrogens with zero attached hydrogens (tertiary/aromatic N) is 3. The maximum atomic E-state index is 14.7. The zero-order valence-corrected chi connectivity index (χ0v) is 23.8. The minimum absolute atomic E-state index is 0.0783. The van der Waals surface area contributed by atoms with E-state index in [-0.39, 0.29) is 51.6 Å². The van der Waals surface area contributed by atoms with Crippen molar-refractivity contribution in [2.24, 2.45) is 11.8 Å². The van der Waals surface area contributed by atoms with Crippen molar-refractivity contribution in [3.05, 3.63) is 67.5 Å². The van der Waals surface area contributed by atoms with Gasteiger partial charge in [-0.05, 0) is 62.5 Å². The topological polar surface area (TPSA) is 133 Å². The van der Waals surface area contributed by atoms with Gasteiger partial charge in [-0.15, -0.1) is 11.3 Å². The third kappa shape index (κ3) is 4.49. The highest BCUT2D eigenvalue weighted by atomic mass is 35.5. The summed E-state index contributed by atoms with van der Waals surface area (Å²) >= 11 is 13.9.